The fourth-order valence-corrected chi connectivity index (χ4v) is 3.67. The number of piperidine rings is 1. The first kappa shape index (κ1) is 17.9. The van der Waals surface area contributed by atoms with Crippen molar-refractivity contribution in [3.05, 3.63) is 41.6 Å². The topological polar surface area (TPSA) is 63.2 Å². The van der Waals surface area contributed by atoms with E-state index in [0.29, 0.717) is 16.9 Å². The number of aromatic nitrogens is 3. The summed E-state index contributed by atoms with van der Waals surface area (Å²) in [4.78, 5) is 6.71. The molecule has 0 saturated carbocycles. The number of fused-ring (bicyclic) bond motifs is 1. The van der Waals surface area contributed by atoms with Gasteiger partial charge in [-0.2, -0.15) is 0 Å². The maximum atomic E-state index is 6.02. The molecule has 0 spiro atoms. The normalized spacial score (nSPS) is 17.8. The third-order valence-electron chi connectivity index (χ3n) is 4.93. The molecule has 4 rings (SSSR count). The third kappa shape index (κ3) is 3.82. The van der Waals surface area contributed by atoms with E-state index in [1.165, 1.54) is 6.42 Å². The van der Waals surface area contributed by atoms with E-state index in [1.807, 2.05) is 30.3 Å². The summed E-state index contributed by atoms with van der Waals surface area (Å²) in [6.07, 6.45) is 4.09. The van der Waals surface area contributed by atoms with Crippen molar-refractivity contribution >= 4 is 28.2 Å². The highest BCUT2D eigenvalue weighted by atomic mass is 35.5. The van der Waals surface area contributed by atoms with Crippen molar-refractivity contribution in [3.63, 3.8) is 0 Å². The van der Waals surface area contributed by atoms with E-state index >= 15 is 0 Å². The lowest BCUT2D eigenvalue weighted by Gasteiger charge is -2.30. The molecule has 1 N–H and O–H groups in total. The van der Waals surface area contributed by atoms with Crippen LogP contribution in [0, 0.1) is 0 Å². The molecule has 1 fully saturated rings. The van der Waals surface area contributed by atoms with Crippen LogP contribution in [0.25, 0.3) is 22.0 Å². The van der Waals surface area contributed by atoms with E-state index in [1.54, 1.807) is 13.3 Å². The standard InChI is InChI=1S/C20H22ClN5O/c1-26-9-3-4-15(12-26)23-20-16-10-18(27-2)22-11-17(16)19(24-25-20)13-5-7-14(21)8-6-13/h5-8,10-11,15H,3-4,9,12H2,1-2H3,(H,23,25). The summed E-state index contributed by atoms with van der Waals surface area (Å²) in [5, 5.41) is 15.1. The number of rotatable bonds is 4. The number of anilines is 1. The number of halogens is 1. The van der Waals surface area contributed by atoms with Crippen molar-refractivity contribution in [1.82, 2.24) is 20.1 Å². The maximum Gasteiger partial charge on any atom is 0.213 e. The zero-order chi connectivity index (χ0) is 18.8. The second-order valence-electron chi connectivity index (χ2n) is 6.92. The highest BCUT2D eigenvalue weighted by Gasteiger charge is 2.20. The van der Waals surface area contributed by atoms with Crippen molar-refractivity contribution in [2.45, 2.75) is 18.9 Å². The molecule has 27 heavy (non-hydrogen) atoms. The van der Waals surface area contributed by atoms with Crippen LogP contribution in [0.15, 0.2) is 36.5 Å². The van der Waals surface area contributed by atoms with Crippen molar-refractivity contribution < 1.29 is 4.74 Å². The van der Waals surface area contributed by atoms with Gasteiger partial charge in [-0.05, 0) is 38.6 Å². The first-order valence-corrected chi connectivity index (χ1v) is 9.43. The smallest absolute Gasteiger partial charge is 0.213 e. The number of benzene rings is 1. The van der Waals surface area contributed by atoms with Crippen LogP contribution in [-0.4, -0.2) is 53.4 Å². The van der Waals surface area contributed by atoms with Crippen LogP contribution in [0.2, 0.25) is 5.02 Å². The zero-order valence-electron chi connectivity index (χ0n) is 15.4. The fourth-order valence-electron chi connectivity index (χ4n) is 3.55. The van der Waals surface area contributed by atoms with Gasteiger partial charge < -0.3 is 15.0 Å². The Labute approximate surface area is 163 Å². The Kier molecular flexibility index (Phi) is 5.09. The molecule has 2 aromatic heterocycles. The van der Waals surface area contributed by atoms with Gasteiger partial charge in [-0.25, -0.2) is 4.98 Å². The first-order valence-electron chi connectivity index (χ1n) is 9.05. The van der Waals surface area contributed by atoms with E-state index < -0.39 is 0 Å². The summed E-state index contributed by atoms with van der Waals surface area (Å²) in [6.45, 7) is 2.13. The Morgan fingerprint density at radius 1 is 1.19 bits per heavy atom. The van der Waals surface area contributed by atoms with E-state index in [2.05, 4.69) is 32.4 Å². The molecule has 7 heteroatoms. The van der Waals surface area contributed by atoms with Gasteiger partial charge in [-0.1, -0.05) is 23.7 Å². The van der Waals surface area contributed by atoms with Gasteiger partial charge in [0.1, 0.15) is 5.69 Å². The van der Waals surface area contributed by atoms with Gasteiger partial charge in [0.05, 0.1) is 7.11 Å². The number of nitrogens with zero attached hydrogens (tertiary/aromatic N) is 4. The summed E-state index contributed by atoms with van der Waals surface area (Å²) in [7, 11) is 3.76. The quantitative estimate of drug-likeness (QED) is 0.738. The van der Waals surface area contributed by atoms with Crippen LogP contribution >= 0.6 is 11.6 Å². The van der Waals surface area contributed by atoms with Crippen molar-refractivity contribution in [1.29, 1.82) is 0 Å². The molecule has 0 aliphatic carbocycles. The van der Waals surface area contributed by atoms with Gasteiger partial charge in [-0.3, -0.25) is 0 Å². The highest BCUT2D eigenvalue weighted by molar-refractivity contribution is 6.30. The van der Waals surface area contributed by atoms with Crippen LogP contribution in [-0.2, 0) is 0 Å². The third-order valence-corrected chi connectivity index (χ3v) is 5.18. The van der Waals surface area contributed by atoms with Crippen LogP contribution in [0.5, 0.6) is 5.88 Å². The predicted molar refractivity (Wildman–Crippen MR) is 108 cm³/mol. The zero-order valence-corrected chi connectivity index (χ0v) is 16.2. The van der Waals surface area contributed by atoms with Gasteiger partial charge >= 0.3 is 0 Å². The average molecular weight is 384 g/mol. The van der Waals surface area contributed by atoms with Crippen molar-refractivity contribution in [3.8, 4) is 17.1 Å². The Hall–Kier alpha value is -2.44. The molecule has 1 saturated heterocycles. The lowest BCUT2D eigenvalue weighted by Crippen LogP contribution is -2.40. The summed E-state index contributed by atoms with van der Waals surface area (Å²) in [5.74, 6) is 1.32. The second-order valence-corrected chi connectivity index (χ2v) is 7.36. The maximum absolute atomic E-state index is 6.02. The van der Waals surface area contributed by atoms with E-state index in [4.69, 9.17) is 16.3 Å². The predicted octanol–water partition coefficient (Wildman–Crippen LogP) is 3.86. The Balaban J connectivity index is 1.78. The molecule has 6 nitrogen and oxygen atoms in total. The summed E-state index contributed by atoms with van der Waals surface area (Å²) in [5.41, 5.74) is 1.73. The molecular weight excluding hydrogens is 362 g/mol. The molecule has 140 valence electrons. The van der Waals surface area contributed by atoms with Gasteiger partial charge in [-0.15, -0.1) is 10.2 Å². The van der Waals surface area contributed by atoms with E-state index in [0.717, 1.165) is 47.4 Å². The number of ether oxygens (including phenoxy) is 1. The lowest BCUT2D eigenvalue weighted by atomic mass is 10.0. The van der Waals surface area contributed by atoms with Crippen LogP contribution in [0.1, 0.15) is 12.8 Å². The lowest BCUT2D eigenvalue weighted by molar-refractivity contribution is 0.261. The van der Waals surface area contributed by atoms with Gasteiger partial charge in [0.2, 0.25) is 5.88 Å². The Morgan fingerprint density at radius 2 is 2.00 bits per heavy atom. The van der Waals surface area contributed by atoms with Crippen LogP contribution < -0.4 is 10.1 Å². The molecule has 1 aliphatic heterocycles. The van der Waals surface area contributed by atoms with Gasteiger partial charge in [0, 0.05) is 46.2 Å². The summed E-state index contributed by atoms with van der Waals surface area (Å²) >= 11 is 6.02. The molecule has 1 atom stereocenters. The number of likely N-dealkylation sites (tertiary alicyclic amines) is 1. The molecule has 3 aromatic rings. The average Bonchev–Trinajstić information content (AvgIpc) is 2.69. The molecule has 0 radical (unpaired) electrons. The molecule has 0 amide bonds. The number of pyridine rings is 1. The van der Waals surface area contributed by atoms with Gasteiger partial charge in [0.15, 0.2) is 5.82 Å². The Morgan fingerprint density at radius 3 is 2.74 bits per heavy atom. The van der Waals surface area contributed by atoms with E-state index in [-0.39, 0.29) is 0 Å². The second kappa shape index (κ2) is 7.66. The monoisotopic (exact) mass is 383 g/mol. The molecule has 0 bridgehead atoms. The minimum Gasteiger partial charge on any atom is -0.481 e. The van der Waals surface area contributed by atoms with Crippen LogP contribution in [0.4, 0.5) is 5.82 Å². The molecule has 1 aromatic carbocycles. The Bertz CT molecular complexity index is 947. The number of likely N-dealkylation sites (N-methyl/N-ethyl adjacent to an activating group) is 1. The minimum atomic E-state index is 0.349. The van der Waals surface area contributed by atoms with Crippen molar-refractivity contribution in [2.75, 3.05) is 32.6 Å². The first-order chi connectivity index (χ1) is 13.1. The molecule has 1 aliphatic rings. The number of nitrogens with one attached hydrogen (secondary N) is 1. The molecule has 3 heterocycles. The molecule has 1 unspecified atom stereocenters. The number of hydrogen-bond acceptors (Lipinski definition) is 6. The molecular formula is C20H22ClN5O. The van der Waals surface area contributed by atoms with Gasteiger partial charge in [0.25, 0.3) is 0 Å². The summed E-state index contributed by atoms with van der Waals surface area (Å²) < 4.78 is 5.33. The van der Waals surface area contributed by atoms with Crippen molar-refractivity contribution in [2.24, 2.45) is 0 Å². The number of methoxy groups -OCH3 is 1. The largest absolute Gasteiger partial charge is 0.481 e. The highest BCUT2D eigenvalue weighted by Crippen LogP contribution is 2.32. The van der Waals surface area contributed by atoms with E-state index in [9.17, 15) is 0 Å². The SMILES string of the molecule is COc1cc2c(NC3CCCN(C)C3)nnc(-c3ccc(Cl)cc3)c2cn1. The number of hydrogen-bond donors (Lipinski definition) is 1. The van der Waals surface area contributed by atoms with Crippen LogP contribution in [0.3, 0.4) is 0 Å². The summed E-state index contributed by atoms with van der Waals surface area (Å²) in [6, 6.07) is 9.86. The fraction of sp³-hybridized carbons (Fsp3) is 0.350. The minimum absolute atomic E-state index is 0.349.